The highest BCUT2D eigenvalue weighted by molar-refractivity contribution is 6.30. The molecule has 0 aromatic heterocycles. The second-order valence-corrected chi connectivity index (χ2v) is 7.14. The standard InChI is InChI=1S/C20H21ClN4O3/c1-11-9-17(24-15-6-4-14(21)5-7-15)16-10-13(19(22)28-20(23)27)3-8-18(16)25(11)12(2)26/h3-8,10-11,17,22,24H,9H2,1-2H3,(H2,23,27). The number of halogens is 1. The molecule has 0 saturated heterocycles. The van der Waals surface area contributed by atoms with Crippen molar-refractivity contribution in [2.75, 3.05) is 10.2 Å². The van der Waals surface area contributed by atoms with Gasteiger partial charge in [-0.15, -0.1) is 0 Å². The molecule has 4 N–H and O–H groups in total. The summed E-state index contributed by atoms with van der Waals surface area (Å²) in [4.78, 5) is 24.9. The van der Waals surface area contributed by atoms with Crippen LogP contribution < -0.4 is 16.0 Å². The molecule has 0 aliphatic carbocycles. The average Bonchev–Trinajstić information content (AvgIpc) is 2.62. The Bertz CT molecular complexity index is 930. The van der Waals surface area contributed by atoms with Gasteiger partial charge in [-0.25, -0.2) is 4.79 Å². The summed E-state index contributed by atoms with van der Waals surface area (Å²) >= 11 is 5.96. The number of carbonyl (C=O) groups is 2. The minimum Gasteiger partial charge on any atom is -0.391 e. The van der Waals surface area contributed by atoms with Crippen molar-refractivity contribution in [1.29, 1.82) is 5.41 Å². The van der Waals surface area contributed by atoms with Crippen LogP contribution >= 0.6 is 11.6 Å². The number of ether oxygens (including phenoxy) is 1. The summed E-state index contributed by atoms with van der Waals surface area (Å²) < 4.78 is 4.70. The van der Waals surface area contributed by atoms with Gasteiger partial charge in [0.1, 0.15) is 0 Å². The summed E-state index contributed by atoms with van der Waals surface area (Å²) in [5, 5.41) is 12.0. The lowest BCUT2D eigenvalue weighted by Crippen LogP contribution is -2.43. The molecule has 2 aromatic rings. The number of amides is 2. The Morgan fingerprint density at radius 1 is 1.25 bits per heavy atom. The summed E-state index contributed by atoms with van der Waals surface area (Å²) in [5.41, 5.74) is 7.89. The van der Waals surface area contributed by atoms with Crippen LogP contribution in [0.4, 0.5) is 16.2 Å². The molecule has 1 aliphatic heterocycles. The first-order valence-electron chi connectivity index (χ1n) is 8.78. The van der Waals surface area contributed by atoms with E-state index in [4.69, 9.17) is 27.5 Å². The number of nitrogens with two attached hydrogens (primary N) is 1. The quantitative estimate of drug-likeness (QED) is 0.533. The maximum atomic E-state index is 12.2. The average molecular weight is 401 g/mol. The van der Waals surface area contributed by atoms with Gasteiger partial charge >= 0.3 is 6.09 Å². The highest BCUT2D eigenvalue weighted by Crippen LogP contribution is 2.39. The molecular formula is C20H21ClN4O3. The Hall–Kier alpha value is -3.06. The number of benzene rings is 2. The fourth-order valence-electron chi connectivity index (χ4n) is 3.53. The van der Waals surface area contributed by atoms with E-state index in [1.54, 1.807) is 35.2 Å². The number of hydrogen-bond donors (Lipinski definition) is 3. The zero-order valence-corrected chi connectivity index (χ0v) is 16.3. The molecule has 0 radical (unpaired) electrons. The Balaban J connectivity index is 2.01. The van der Waals surface area contributed by atoms with Gasteiger partial charge in [0.15, 0.2) is 0 Å². The summed E-state index contributed by atoms with van der Waals surface area (Å²) in [6.45, 7) is 3.52. The monoisotopic (exact) mass is 400 g/mol. The topological polar surface area (TPSA) is 109 Å². The summed E-state index contributed by atoms with van der Waals surface area (Å²) in [6.07, 6.45) is -0.375. The highest BCUT2D eigenvalue weighted by atomic mass is 35.5. The third-order valence-corrected chi connectivity index (χ3v) is 4.92. The van der Waals surface area contributed by atoms with E-state index in [1.807, 2.05) is 19.1 Å². The third kappa shape index (κ3) is 4.09. The van der Waals surface area contributed by atoms with E-state index in [2.05, 4.69) is 5.32 Å². The molecule has 28 heavy (non-hydrogen) atoms. The third-order valence-electron chi connectivity index (χ3n) is 4.67. The molecule has 146 valence electrons. The van der Waals surface area contributed by atoms with Crippen LogP contribution in [0.25, 0.3) is 0 Å². The smallest absolute Gasteiger partial charge is 0.391 e. The zero-order valence-electron chi connectivity index (χ0n) is 15.5. The van der Waals surface area contributed by atoms with Crippen LogP contribution in [0.2, 0.25) is 5.02 Å². The van der Waals surface area contributed by atoms with E-state index in [0.29, 0.717) is 17.0 Å². The molecule has 2 unspecified atom stereocenters. The van der Waals surface area contributed by atoms with Crippen LogP contribution in [0, 0.1) is 5.41 Å². The van der Waals surface area contributed by atoms with Crippen molar-refractivity contribution in [3.8, 4) is 0 Å². The van der Waals surface area contributed by atoms with E-state index in [-0.39, 0.29) is 23.9 Å². The highest BCUT2D eigenvalue weighted by Gasteiger charge is 2.33. The van der Waals surface area contributed by atoms with E-state index in [0.717, 1.165) is 16.9 Å². The number of fused-ring (bicyclic) bond motifs is 1. The molecule has 7 nitrogen and oxygen atoms in total. The van der Waals surface area contributed by atoms with Gasteiger partial charge in [-0.05, 0) is 61.4 Å². The van der Waals surface area contributed by atoms with E-state index in [1.165, 1.54) is 6.92 Å². The Morgan fingerprint density at radius 3 is 2.54 bits per heavy atom. The molecule has 2 aromatic carbocycles. The number of primary amides is 1. The van der Waals surface area contributed by atoms with E-state index >= 15 is 0 Å². The van der Waals surface area contributed by atoms with Crippen LogP contribution in [0.3, 0.4) is 0 Å². The van der Waals surface area contributed by atoms with Crippen molar-refractivity contribution in [2.24, 2.45) is 5.73 Å². The van der Waals surface area contributed by atoms with Crippen LogP contribution in [-0.4, -0.2) is 23.9 Å². The summed E-state index contributed by atoms with van der Waals surface area (Å²) in [5.74, 6) is -0.400. The molecule has 0 saturated carbocycles. The Labute approximate surface area is 167 Å². The van der Waals surface area contributed by atoms with Gasteiger partial charge in [0.05, 0.1) is 6.04 Å². The first-order chi connectivity index (χ1) is 13.3. The SMILES string of the molecule is CC(=O)N1c2ccc(C(=N)OC(N)=O)cc2C(Nc2ccc(Cl)cc2)CC1C. The normalized spacial score (nSPS) is 18.2. The second kappa shape index (κ2) is 7.90. The van der Waals surface area contributed by atoms with Crippen molar-refractivity contribution in [1.82, 2.24) is 0 Å². The van der Waals surface area contributed by atoms with Crippen molar-refractivity contribution >= 4 is 40.9 Å². The van der Waals surface area contributed by atoms with Gasteiger partial charge in [-0.3, -0.25) is 10.2 Å². The Kier molecular flexibility index (Phi) is 5.56. The van der Waals surface area contributed by atoms with Crippen LogP contribution in [0.1, 0.15) is 37.4 Å². The fraction of sp³-hybridized carbons (Fsp3) is 0.250. The van der Waals surface area contributed by atoms with Crippen molar-refractivity contribution in [3.05, 3.63) is 58.6 Å². The molecule has 1 heterocycles. The molecule has 0 bridgehead atoms. The first-order valence-corrected chi connectivity index (χ1v) is 9.16. The van der Waals surface area contributed by atoms with Gasteiger partial charge in [0.2, 0.25) is 11.8 Å². The Morgan fingerprint density at radius 2 is 1.93 bits per heavy atom. The number of rotatable bonds is 3. The fourth-order valence-corrected chi connectivity index (χ4v) is 3.65. The maximum absolute atomic E-state index is 12.2. The second-order valence-electron chi connectivity index (χ2n) is 6.70. The molecule has 0 spiro atoms. The lowest BCUT2D eigenvalue weighted by Gasteiger charge is -2.39. The first kappa shape index (κ1) is 19.7. The van der Waals surface area contributed by atoms with Crippen LogP contribution in [0.5, 0.6) is 0 Å². The number of nitrogens with zero attached hydrogens (tertiary/aromatic N) is 1. The lowest BCUT2D eigenvalue weighted by molar-refractivity contribution is -0.117. The van der Waals surface area contributed by atoms with Crippen LogP contribution in [-0.2, 0) is 9.53 Å². The molecule has 8 heteroatoms. The molecule has 3 rings (SSSR count). The summed E-state index contributed by atoms with van der Waals surface area (Å²) in [7, 11) is 0. The number of carbonyl (C=O) groups excluding carboxylic acids is 2. The van der Waals surface area contributed by atoms with E-state index in [9.17, 15) is 9.59 Å². The van der Waals surface area contributed by atoms with Gasteiger partial charge in [-0.2, -0.15) is 0 Å². The predicted octanol–water partition coefficient (Wildman–Crippen LogP) is 4.06. The zero-order chi connectivity index (χ0) is 20.4. The molecular weight excluding hydrogens is 380 g/mol. The largest absolute Gasteiger partial charge is 0.411 e. The minimum absolute atomic E-state index is 0.0121. The molecule has 0 fully saturated rings. The van der Waals surface area contributed by atoms with Gasteiger partial charge in [0.25, 0.3) is 0 Å². The van der Waals surface area contributed by atoms with E-state index < -0.39 is 6.09 Å². The van der Waals surface area contributed by atoms with Gasteiger partial charge in [-0.1, -0.05) is 11.6 Å². The van der Waals surface area contributed by atoms with Gasteiger partial charge < -0.3 is 20.7 Å². The van der Waals surface area contributed by atoms with Crippen molar-refractivity contribution in [3.63, 3.8) is 0 Å². The number of nitrogens with one attached hydrogen (secondary N) is 2. The van der Waals surface area contributed by atoms with Crippen molar-refractivity contribution in [2.45, 2.75) is 32.4 Å². The van der Waals surface area contributed by atoms with Crippen LogP contribution in [0.15, 0.2) is 42.5 Å². The minimum atomic E-state index is -1.04. The predicted molar refractivity (Wildman–Crippen MR) is 109 cm³/mol. The number of anilines is 2. The molecule has 1 aliphatic rings. The van der Waals surface area contributed by atoms with Crippen molar-refractivity contribution < 1.29 is 14.3 Å². The number of hydrogen-bond acceptors (Lipinski definition) is 5. The molecule has 2 atom stereocenters. The summed E-state index contributed by atoms with van der Waals surface area (Å²) in [6, 6.07) is 12.4. The maximum Gasteiger partial charge on any atom is 0.411 e. The van der Waals surface area contributed by atoms with Gasteiger partial charge in [0, 0.05) is 34.9 Å². The molecule has 2 amide bonds. The lowest BCUT2D eigenvalue weighted by atomic mass is 9.90.